The summed E-state index contributed by atoms with van der Waals surface area (Å²) in [5.74, 6) is -0.328. The minimum atomic E-state index is -0.480. The summed E-state index contributed by atoms with van der Waals surface area (Å²) >= 11 is 7.26. The Morgan fingerprint density at radius 1 is 1.26 bits per heavy atom. The van der Waals surface area contributed by atoms with Crippen molar-refractivity contribution in [3.63, 3.8) is 0 Å². The summed E-state index contributed by atoms with van der Waals surface area (Å²) in [6.07, 6.45) is 0.0861. The maximum absolute atomic E-state index is 12.5. The van der Waals surface area contributed by atoms with E-state index in [1.165, 1.54) is 16.7 Å². The van der Waals surface area contributed by atoms with E-state index in [1.807, 2.05) is 38.1 Å². The molecule has 0 unspecified atom stereocenters. The molecule has 5 nitrogen and oxygen atoms in total. The number of halogens is 1. The number of nitrogens with zero attached hydrogens (tertiary/aromatic N) is 2. The molecule has 2 aromatic carbocycles. The minimum Gasteiger partial charge on any atom is -0.326 e. The van der Waals surface area contributed by atoms with E-state index >= 15 is 0 Å². The maximum atomic E-state index is 12.5. The van der Waals surface area contributed by atoms with E-state index in [9.17, 15) is 9.59 Å². The molecule has 0 aromatic heterocycles. The number of carbonyl (C=O) groups is 2. The third kappa shape index (κ3) is 4.70. The number of amidine groups is 1. The number of amides is 2. The van der Waals surface area contributed by atoms with Gasteiger partial charge in [0.15, 0.2) is 5.17 Å². The van der Waals surface area contributed by atoms with Gasteiger partial charge in [0, 0.05) is 24.2 Å². The second-order valence-corrected chi connectivity index (χ2v) is 8.05. The summed E-state index contributed by atoms with van der Waals surface area (Å²) in [4.78, 5) is 31.0. The standard InChI is InChI=1S/C20H20ClN3O2S/c1-12-5-4-6-15(9-12)22-20-24(3)19(26)17(27-20)11-18(25)23-16-8-7-14(21)10-13(16)2/h4-10,17H,11H2,1-3H3,(H,23,25)/t17-/m0/s1. The molecule has 27 heavy (non-hydrogen) atoms. The number of hydrogen-bond donors (Lipinski definition) is 1. The first kappa shape index (κ1) is 19.5. The predicted molar refractivity (Wildman–Crippen MR) is 112 cm³/mol. The molecule has 0 saturated carbocycles. The van der Waals surface area contributed by atoms with E-state index < -0.39 is 5.25 Å². The molecule has 2 amide bonds. The van der Waals surface area contributed by atoms with Gasteiger partial charge in [-0.05, 0) is 55.3 Å². The molecule has 1 fully saturated rings. The minimum absolute atomic E-state index is 0.0861. The van der Waals surface area contributed by atoms with Crippen molar-refractivity contribution in [2.45, 2.75) is 25.5 Å². The molecule has 0 bridgehead atoms. The molecule has 1 saturated heterocycles. The summed E-state index contributed by atoms with van der Waals surface area (Å²) in [5.41, 5.74) is 3.46. The highest BCUT2D eigenvalue weighted by Gasteiger charge is 2.37. The molecular formula is C20H20ClN3O2S. The molecule has 1 N–H and O–H groups in total. The highest BCUT2D eigenvalue weighted by Crippen LogP contribution is 2.31. The van der Waals surface area contributed by atoms with Gasteiger partial charge in [-0.1, -0.05) is 35.5 Å². The van der Waals surface area contributed by atoms with Crippen LogP contribution >= 0.6 is 23.4 Å². The number of aliphatic imine (C=N–C) groups is 1. The van der Waals surface area contributed by atoms with Crippen LogP contribution < -0.4 is 5.32 Å². The van der Waals surface area contributed by atoms with Crippen molar-refractivity contribution >= 4 is 51.7 Å². The molecule has 2 aromatic rings. The van der Waals surface area contributed by atoms with Gasteiger partial charge in [0.1, 0.15) is 5.25 Å². The third-order valence-corrected chi connectivity index (χ3v) is 5.66. The summed E-state index contributed by atoms with van der Waals surface area (Å²) in [6, 6.07) is 13.0. The molecule has 0 spiro atoms. The van der Waals surface area contributed by atoms with E-state index in [-0.39, 0.29) is 18.2 Å². The average Bonchev–Trinajstić information content (AvgIpc) is 2.85. The van der Waals surface area contributed by atoms with E-state index in [0.717, 1.165) is 16.8 Å². The molecule has 1 aliphatic rings. The maximum Gasteiger partial charge on any atom is 0.242 e. The van der Waals surface area contributed by atoms with Gasteiger partial charge in [0.05, 0.1) is 5.69 Å². The first-order chi connectivity index (χ1) is 12.8. The smallest absolute Gasteiger partial charge is 0.242 e. The normalized spacial score (nSPS) is 18.2. The first-order valence-electron chi connectivity index (χ1n) is 8.49. The van der Waals surface area contributed by atoms with Gasteiger partial charge in [-0.3, -0.25) is 14.5 Å². The van der Waals surface area contributed by atoms with Crippen LogP contribution in [0.15, 0.2) is 47.5 Å². The largest absolute Gasteiger partial charge is 0.326 e. The first-order valence-corrected chi connectivity index (χ1v) is 9.75. The molecule has 7 heteroatoms. The van der Waals surface area contributed by atoms with E-state index in [1.54, 1.807) is 25.2 Å². The quantitative estimate of drug-likeness (QED) is 0.817. The lowest BCUT2D eigenvalue weighted by Gasteiger charge is -2.11. The van der Waals surface area contributed by atoms with Crippen molar-refractivity contribution < 1.29 is 9.59 Å². The van der Waals surface area contributed by atoms with Crippen molar-refractivity contribution in [1.82, 2.24) is 4.90 Å². The lowest BCUT2D eigenvalue weighted by atomic mass is 10.2. The third-order valence-electron chi connectivity index (χ3n) is 4.20. The van der Waals surface area contributed by atoms with Gasteiger partial charge in [-0.25, -0.2) is 4.99 Å². The van der Waals surface area contributed by atoms with Gasteiger partial charge in [0.25, 0.3) is 0 Å². The van der Waals surface area contributed by atoms with Gasteiger partial charge >= 0.3 is 0 Å². The monoisotopic (exact) mass is 401 g/mol. The fourth-order valence-corrected chi connectivity index (χ4v) is 4.12. The molecule has 1 heterocycles. The zero-order valence-corrected chi connectivity index (χ0v) is 16.9. The zero-order valence-electron chi connectivity index (χ0n) is 15.3. The topological polar surface area (TPSA) is 61.8 Å². The van der Waals surface area contributed by atoms with Crippen LogP contribution in [0.2, 0.25) is 5.02 Å². The zero-order chi connectivity index (χ0) is 19.6. The number of aryl methyl sites for hydroxylation is 2. The molecule has 1 atom stereocenters. The lowest BCUT2D eigenvalue weighted by molar-refractivity contribution is -0.127. The van der Waals surface area contributed by atoms with Crippen LogP contribution in [0.1, 0.15) is 17.5 Å². The SMILES string of the molecule is Cc1cccc(N=C2S[C@@H](CC(=O)Nc3ccc(Cl)cc3C)C(=O)N2C)c1. The number of thioether (sulfide) groups is 1. The number of anilines is 1. The Morgan fingerprint density at radius 3 is 2.74 bits per heavy atom. The molecular weight excluding hydrogens is 382 g/mol. The Bertz CT molecular complexity index is 929. The van der Waals surface area contributed by atoms with E-state index in [0.29, 0.717) is 15.9 Å². The molecule has 0 aliphatic carbocycles. The Kier molecular flexibility index (Phi) is 5.87. The van der Waals surface area contributed by atoms with Gasteiger partial charge in [0.2, 0.25) is 11.8 Å². The van der Waals surface area contributed by atoms with Crippen molar-refractivity contribution in [2.75, 3.05) is 12.4 Å². The Labute approximate surface area is 167 Å². The van der Waals surface area contributed by atoms with Crippen molar-refractivity contribution in [2.24, 2.45) is 4.99 Å². The average molecular weight is 402 g/mol. The van der Waals surface area contributed by atoms with Crippen molar-refractivity contribution in [3.05, 3.63) is 58.6 Å². The fraction of sp³-hybridized carbons (Fsp3) is 0.250. The molecule has 3 rings (SSSR count). The Hall–Kier alpha value is -2.31. The summed E-state index contributed by atoms with van der Waals surface area (Å²) in [7, 11) is 1.69. The van der Waals surface area contributed by atoms with Crippen LogP contribution in [0.3, 0.4) is 0 Å². The van der Waals surface area contributed by atoms with Crippen LogP contribution in [0, 0.1) is 13.8 Å². The molecule has 140 valence electrons. The van der Waals surface area contributed by atoms with Crippen LogP contribution in [0.25, 0.3) is 0 Å². The van der Waals surface area contributed by atoms with Crippen molar-refractivity contribution in [1.29, 1.82) is 0 Å². The second kappa shape index (κ2) is 8.15. The molecule has 0 radical (unpaired) electrons. The Balaban J connectivity index is 1.68. The van der Waals surface area contributed by atoms with Crippen molar-refractivity contribution in [3.8, 4) is 0 Å². The van der Waals surface area contributed by atoms with Gasteiger partial charge in [-0.15, -0.1) is 0 Å². The molecule has 1 aliphatic heterocycles. The lowest BCUT2D eigenvalue weighted by Crippen LogP contribution is -2.30. The van der Waals surface area contributed by atoms with Gasteiger partial charge in [-0.2, -0.15) is 0 Å². The number of carbonyl (C=O) groups excluding carboxylic acids is 2. The highest BCUT2D eigenvalue weighted by atomic mass is 35.5. The highest BCUT2D eigenvalue weighted by molar-refractivity contribution is 8.15. The van der Waals surface area contributed by atoms with Crippen LogP contribution in [0.5, 0.6) is 0 Å². The predicted octanol–water partition coefficient (Wildman–Crippen LogP) is 4.55. The summed E-state index contributed by atoms with van der Waals surface area (Å²) < 4.78 is 0. The number of rotatable bonds is 4. The number of nitrogens with one attached hydrogen (secondary N) is 1. The van der Waals surface area contributed by atoms with Crippen LogP contribution in [0.4, 0.5) is 11.4 Å². The summed E-state index contributed by atoms with van der Waals surface area (Å²) in [6.45, 7) is 3.86. The van der Waals surface area contributed by atoms with E-state index in [4.69, 9.17) is 11.6 Å². The van der Waals surface area contributed by atoms with Crippen LogP contribution in [-0.4, -0.2) is 34.2 Å². The van der Waals surface area contributed by atoms with E-state index in [2.05, 4.69) is 10.3 Å². The number of benzene rings is 2. The van der Waals surface area contributed by atoms with Crippen LogP contribution in [-0.2, 0) is 9.59 Å². The second-order valence-electron chi connectivity index (χ2n) is 6.45. The van der Waals surface area contributed by atoms with Gasteiger partial charge < -0.3 is 5.32 Å². The fourth-order valence-electron chi connectivity index (χ4n) is 2.74. The Morgan fingerprint density at radius 2 is 2.04 bits per heavy atom. The summed E-state index contributed by atoms with van der Waals surface area (Å²) in [5, 5.41) is 3.59. The number of hydrogen-bond acceptors (Lipinski definition) is 4.